The number of benzene rings is 2. The van der Waals surface area contributed by atoms with Crippen LogP contribution in [0.1, 0.15) is 44.2 Å². The summed E-state index contributed by atoms with van der Waals surface area (Å²) in [5.74, 6) is 0.725. The second-order valence-corrected chi connectivity index (χ2v) is 10.3. The summed E-state index contributed by atoms with van der Waals surface area (Å²) in [7, 11) is 0. The Balaban J connectivity index is 1.39. The number of aromatic hydroxyl groups is 1. The van der Waals surface area contributed by atoms with Gasteiger partial charge >= 0.3 is 0 Å². The molecule has 1 spiro atoms. The van der Waals surface area contributed by atoms with Gasteiger partial charge in [-0.15, -0.1) is 0 Å². The number of halogens is 1. The predicted octanol–water partition coefficient (Wildman–Crippen LogP) is 5.03. The van der Waals surface area contributed by atoms with Crippen molar-refractivity contribution in [3.05, 3.63) is 54.0 Å². The van der Waals surface area contributed by atoms with Crippen LogP contribution in [0.2, 0.25) is 0 Å². The SMILES string of the molecule is CC(=O)N1CC2(CC(Oc3nc(C4CCOCC4)c(-c4ccc(F)cc4)c4ccc(O)cc34)C2)C1. The first kappa shape index (κ1) is 22.3. The number of ether oxygens (including phenoxy) is 2. The molecule has 6 nitrogen and oxygen atoms in total. The van der Waals surface area contributed by atoms with E-state index in [2.05, 4.69) is 0 Å². The summed E-state index contributed by atoms with van der Waals surface area (Å²) in [6.45, 7) is 4.57. The van der Waals surface area contributed by atoms with E-state index in [1.165, 1.54) is 12.1 Å². The molecule has 182 valence electrons. The number of phenols is 1. The molecule has 0 radical (unpaired) electrons. The molecule has 2 aromatic carbocycles. The van der Waals surface area contributed by atoms with E-state index >= 15 is 0 Å². The first-order chi connectivity index (χ1) is 16.9. The lowest BCUT2D eigenvalue weighted by Crippen LogP contribution is -2.65. The van der Waals surface area contributed by atoms with Crippen molar-refractivity contribution in [2.45, 2.75) is 44.6 Å². The summed E-state index contributed by atoms with van der Waals surface area (Å²) in [4.78, 5) is 18.5. The third kappa shape index (κ3) is 4.01. The Bertz CT molecular complexity index is 1270. The fourth-order valence-electron chi connectivity index (χ4n) is 5.96. The highest BCUT2D eigenvalue weighted by Gasteiger charge is 2.54. The molecule has 3 fully saturated rings. The van der Waals surface area contributed by atoms with E-state index in [1.54, 1.807) is 31.2 Å². The van der Waals surface area contributed by atoms with Crippen LogP contribution in [0.3, 0.4) is 0 Å². The highest BCUT2D eigenvalue weighted by molar-refractivity contribution is 6.01. The molecule has 1 N–H and O–H groups in total. The average molecular weight is 477 g/mol. The van der Waals surface area contributed by atoms with Gasteiger partial charge < -0.3 is 19.5 Å². The van der Waals surface area contributed by atoms with Crippen LogP contribution in [0, 0.1) is 11.2 Å². The van der Waals surface area contributed by atoms with Crippen LogP contribution < -0.4 is 4.74 Å². The highest BCUT2D eigenvalue weighted by Crippen LogP contribution is 2.50. The number of hydrogen-bond donors (Lipinski definition) is 1. The fraction of sp³-hybridized carbons (Fsp3) is 0.429. The second kappa shape index (κ2) is 8.48. The third-order valence-corrected chi connectivity index (χ3v) is 7.82. The first-order valence-corrected chi connectivity index (χ1v) is 12.3. The lowest BCUT2D eigenvalue weighted by atomic mass is 9.61. The molecule has 2 aliphatic heterocycles. The Labute approximate surface area is 203 Å². The summed E-state index contributed by atoms with van der Waals surface area (Å²) in [5.41, 5.74) is 2.96. The summed E-state index contributed by atoms with van der Waals surface area (Å²) >= 11 is 0. The van der Waals surface area contributed by atoms with Crippen LogP contribution in [0.15, 0.2) is 42.5 Å². The van der Waals surface area contributed by atoms with Gasteiger partial charge in [-0.05, 0) is 67.0 Å². The van der Waals surface area contributed by atoms with Crippen LogP contribution in [-0.2, 0) is 9.53 Å². The van der Waals surface area contributed by atoms with E-state index in [4.69, 9.17) is 14.5 Å². The van der Waals surface area contributed by atoms with Gasteiger partial charge in [0.15, 0.2) is 0 Å². The molecular formula is C28H29FN2O4. The van der Waals surface area contributed by atoms with Crippen LogP contribution >= 0.6 is 0 Å². The number of fused-ring (bicyclic) bond motifs is 1. The van der Waals surface area contributed by atoms with Gasteiger partial charge in [0, 0.05) is 55.5 Å². The van der Waals surface area contributed by atoms with Crippen LogP contribution in [0.25, 0.3) is 21.9 Å². The maximum Gasteiger partial charge on any atom is 0.222 e. The van der Waals surface area contributed by atoms with Gasteiger partial charge in [-0.2, -0.15) is 0 Å². The number of phenolic OH excluding ortho intramolecular Hbond substituents is 1. The fourth-order valence-corrected chi connectivity index (χ4v) is 5.96. The summed E-state index contributed by atoms with van der Waals surface area (Å²) < 4.78 is 25.8. The Hall–Kier alpha value is -3.19. The number of likely N-dealkylation sites (tertiary alicyclic amines) is 1. The van der Waals surface area contributed by atoms with Gasteiger partial charge in [-0.25, -0.2) is 9.37 Å². The third-order valence-electron chi connectivity index (χ3n) is 7.82. The normalized spacial score (nSPS) is 20.0. The topological polar surface area (TPSA) is 71.9 Å². The van der Waals surface area contributed by atoms with Crippen molar-refractivity contribution >= 4 is 16.7 Å². The van der Waals surface area contributed by atoms with Crippen molar-refractivity contribution in [1.82, 2.24) is 9.88 Å². The zero-order valence-corrected chi connectivity index (χ0v) is 19.8. The minimum absolute atomic E-state index is 0.0290. The van der Waals surface area contributed by atoms with Crippen molar-refractivity contribution in [3.63, 3.8) is 0 Å². The molecule has 35 heavy (non-hydrogen) atoms. The van der Waals surface area contributed by atoms with Crippen LogP contribution in [-0.4, -0.2) is 53.3 Å². The Morgan fingerprint density at radius 2 is 1.83 bits per heavy atom. The lowest BCUT2D eigenvalue weighted by Gasteiger charge is -2.58. The number of hydrogen-bond acceptors (Lipinski definition) is 5. The summed E-state index contributed by atoms with van der Waals surface area (Å²) in [6, 6.07) is 11.8. The van der Waals surface area contributed by atoms with Crippen molar-refractivity contribution in [3.8, 4) is 22.8 Å². The number of carbonyl (C=O) groups is 1. The zero-order valence-electron chi connectivity index (χ0n) is 19.8. The maximum absolute atomic E-state index is 13.7. The maximum atomic E-state index is 13.7. The number of amides is 1. The molecule has 7 heteroatoms. The molecule has 1 aromatic heterocycles. The van der Waals surface area contributed by atoms with E-state index in [0.29, 0.717) is 19.1 Å². The monoisotopic (exact) mass is 476 g/mol. The number of nitrogens with zero attached hydrogens (tertiary/aromatic N) is 2. The van der Waals surface area contributed by atoms with Gasteiger partial charge in [0.2, 0.25) is 11.8 Å². The number of rotatable bonds is 4. The van der Waals surface area contributed by atoms with Crippen molar-refractivity contribution < 1.29 is 23.8 Å². The molecule has 3 aromatic rings. The predicted molar refractivity (Wildman–Crippen MR) is 130 cm³/mol. The summed E-state index contributed by atoms with van der Waals surface area (Å²) in [5, 5.41) is 12.0. The molecule has 6 rings (SSSR count). The molecule has 3 aliphatic rings. The zero-order chi connectivity index (χ0) is 24.2. The second-order valence-electron chi connectivity index (χ2n) is 10.3. The molecular weight excluding hydrogens is 447 g/mol. The van der Waals surface area contributed by atoms with Crippen molar-refractivity contribution in [2.75, 3.05) is 26.3 Å². The highest BCUT2D eigenvalue weighted by atomic mass is 19.1. The molecule has 1 aliphatic carbocycles. The Kier molecular flexibility index (Phi) is 5.40. The first-order valence-electron chi connectivity index (χ1n) is 12.3. The smallest absolute Gasteiger partial charge is 0.222 e. The minimum atomic E-state index is -0.283. The molecule has 0 atom stereocenters. The Morgan fingerprint density at radius 3 is 2.51 bits per heavy atom. The molecule has 3 heterocycles. The summed E-state index contributed by atoms with van der Waals surface area (Å²) in [6.07, 6.45) is 3.53. The molecule has 1 saturated carbocycles. The van der Waals surface area contributed by atoms with Gasteiger partial charge in [0.1, 0.15) is 17.7 Å². The number of pyridine rings is 1. The Morgan fingerprint density at radius 1 is 1.11 bits per heavy atom. The number of aromatic nitrogens is 1. The quantitative estimate of drug-likeness (QED) is 0.572. The van der Waals surface area contributed by atoms with Crippen molar-refractivity contribution in [2.24, 2.45) is 5.41 Å². The van der Waals surface area contributed by atoms with Gasteiger partial charge in [0.25, 0.3) is 0 Å². The van der Waals surface area contributed by atoms with Crippen molar-refractivity contribution in [1.29, 1.82) is 0 Å². The van der Waals surface area contributed by atoms with Gasteiger partial charge in [0.05, 0.1) is 5.69 Å². The van der Waals surface area contributed by atoms with E-state index in [-0.39, 0.29) is 34.9 Å². The minimum Gasteiger partial charge on any atom is -0.508 e. The van der Waals surface area contributed by atoms with Gasteiger partial charge in [-0.3, -0.25) is 4.79 Å². The van der Waals surface area contributed by atoms with Crippen LogP contribution in [0.4, 0.5) is 4.39 Å². The molecule has 0 unspecified atom stereocenters. The largest absolute Gasteiger partial charge is 0.508 e. The average Bonchev–Trinajstić information content (AvgIpc) is 2.80. The van der Waals surface area contributed by atoms with Crippen LogP contribution in [0.5, 0.6) is 11.6 Å². The number of carbonyl (C=O) groups excluding carboxylic acids is 1. The molecule has 2 saturated heterocycles. The van der Waals surface area contributed by atoms with E-state index in [0.717, 1.165) is 66.4 Å². The van der Waals surface area contributed by atoms with E-state index in [1.807, 2.05) is 11.0 Å². The van der Waals surface area contributed by atoms with E-state index < -0.39 is 0 Å². The molecule has 1 amide bonds. The standard InChI is InChI=1S/C28H29FN2O4/c1-17(32)31-15-28(16-31)13-22(14-28)35-27-24-12-21(33)6-7-23(24)25(18-2-4-20(29)5-3-18)26(30-27)19-8-10-34-11-9-19/h2-7,12,19,22,33H,8-11,13-16H2,1H3. The molecule has 0 bridgehead atoms. The van der Waals surface area contributed by atoms with E-state index in [9.17, 15) is 14.3 Å². The lowest BCUT2D eigenvalue weighted by molar-refractivity contribution is -0.158. The van der Waals surface area contributed by atoms with Gasteiger partial charge in [-0.1, -0.05) is 12.1 Å².